The number of aryl methyl sites for hydroxylation is 1. The Morgan fingerprint density at radius 2 is 1.84 bits per heavy atom. The summed E-state index contributed by atoms with van der Waals surface area (Å²) in [5, 5.41) is 10.2. The fraction of sp³-hybridized carbons (Fsp3) is 0.500. The van der Waals surface area contributed by atoms with Gasteiger partial charge in [0.2, 0.25) is 5.89 Å². The second-order valence-electron chi connectivity index (χ2n) is 6.50. The summed E-state index contributed by atoms with van der Waals surface area (Å²) < 4.78 is 5.39. The quantitative estimate of drug-likeness (QED) is 0.787. The van der Waals surface area contributed by atoms with Gasteiger partial charge in [0.05, 0.1) is 0 Å². The van der Waals surface area contributed by atoms with Crippen LogP contribution in [0.15, 0.2) is 28.8 Å². The van der Waals surface area contributed by atoms with Gasteiger partial charge in [0.1, 0.15) is 6.04 Å². The molecule has 7 heteroatoms. The molecule has 0 fully saturated rings. The molecule has 0 saturated heterocycles. The summed E-state index contributed by atoms with van der Waals surface area (Å²) >= 11 is 0. The van der Waals surface area contributed by atoms with Gasteiger partial charge in [-0.2, -0.15) is 4.98 Å². The Hall–Kier alpha value is -1.92. The number of benzene rings is 1. The molecule has 2 aromatic rings. The number of aromatic nitrogens is 2. The number of carbonyl (C=O) groups excluding carboxylic acids is 1. The minimum absolute atomic E-state index is 0. The van der Waals surface area contributed by atoms with Crippen molar-refractivity contribution in [2.45, 2.75) is 46.2 Å². The Labute approximate surface area is 155 Å². The predicted octanol–water partition coefficient (Wildman–Crippen LogP) is 3.08. The van der Waals surface area contributed by atoms with Gasteiger partial charge in [0, 0.05) is 18.0 Å². The first-order chi connectivity index (χ1) is 11.4. The molecule has 25 heavy (non-hydrogen) atoms. The van der Waals surface area contributed by atoms with Gasteiger partial charge in [0.25, 0.3) is 5.91 Å². The zero-order valence-electron chi connectivity index (χ0n) is 15.4. The van der Waals surface area contributed by atoms with Crippen molar-refractivity contribution >= 4 is 18.3 Å². The summed E-state index contributed by atoms with van der Waals surface area (Å²) in [4.78, 5) is 16.9. The highest BCUT2D eigenvalue weighted by molar-refractivity contribution is 5.94. The van der Waals surface area contributed by atoms with Gasteiger partial charge in [-0.25, -0.2) is 0 Å². The lowest BCUT2D eigenvalue weighted by Gasteiger charge is -2.18. The highest BCUT2D eigenvalue weighted by Gasteiger charge is 2.25. The third kappa shape index (κ3) is 5.83. The molecular formula is C18H27ClN4O2. The largest absolute Gasteiger partial charge is 0.340 e. The van der Waals surface area contributed by atoms with Gasteiger partial charge in [0.15, 0.2) is 5.82 Å². The van der Waals surface area contributed by atoms with Crippen molar-refractivity contribution in [3.05, 3.63) is 47.1 Å². The lowest BCUT2D eigenvalue weighted by Crippen LogP contribution is -2.32. The van der Waals surface area contributed by atoms with E-state index in [1.54, 1.807) is 0 Å². The smallest absolute Gasteiger partial charge is 0.251 e. The van der Waals surface area contributed by atoms with E-state index in [0.29, 0.717) is 23.7 Å². The first-order valence-electron chi connectivity index (χ1n) is 8.28. The third-order valence-corrected chi connectivity index (χ3v) is 4.00. The molecular weight excluding hydrogens is 340 g/mol. The van der Waals surface area contributed by atoms with Crippen molar-refractivity contribution in [2.24, 2.45) is 5.92 Å². The number of likely N-dealkylation sites (N-methyl/N-ethyl adjacent to an activating group) is 1. The molecule has 1 heterocycles. The van der Waals surface area contributed by atoms with Crippen molar-refractivity contribution in [1.82, 2.24) is 20.8 Å². The molecule has 0 radical (unpaired) electrons. The van der Waals surface area contributed by atoms with Gasteiger partial charge in [-0.15, -0.1) is 12.4 Å². The van der Waals surface area contributed by atoms with E-state index < -0.39 is 0 Å². The molecule has 1 amide bonds. The van der Waals surface area contributed by atoms with Gasteiger partial charge < -0.3 is 15.2 Å². The maximum atomic E-state index is 12.5. The number of halogens is 1. The molecule has 2 N–H and O–H groups in total. The maximum absolute atomic E-state index is 12.5. The number of nitrogens with one attached hydrogen (secondary N) is 2. The molecule has 0 aliphatic heterocycles. The van der Waals surface area contributed by atoms with Crippen LogP contribution in [0.5, 0.6) is 0 Å². The number of amides is 1. The minimum Gasteiger partial charge on any atom is -0.340 e. The molecule has 0 bridgehead atoms. The average Bonchev–Trinajstić information content (AvgIpc) is 3.00. The summed E-state index contributed by atoms with van der Waals surface area (Å²) in [7, 11) is 1.89. The molecule has 0 spiro atoms. The average molecular weight is 367 g/mol. The predicted molar refractivity (Wildman–Crippen MR) is 100.0 cm³/mol. The van der Waals surface area contributed by atoms with Crippen molar-refractivity contribution in [3.63, 3.8) is 0 Å². The molecule has 1 aromatic heterocycles. The molecule has 2 unspecified atom stereocenters. The van der Waals surface area contributed by atoms with Gasteiger partial charge in [-0.1, -0.05) is 36.7 Å². The van der Waals surface area contributed by atoms with Crippen molar-refractivity contribution < 1.29 is 9.32 Å². The summed E-state index contributed by atoms with van der Waals surface area (Å²) in [5.74, 6) is 1.08. The van der Waals surface area contributed by atoms with Crippen LogP contribution >= 0.6 is 12.4 Å². The topological polar surface area (TPSA) is 80.0 Å². The summed E-state index contributed by atoms with van der Waals surface area (Å²) in [6.45, 7) is 8.07. The second-order valence-corrected chi connectivity index (χ2v) is 6.50. The van der Waals surface area contributed by atoms with Crippen LogP contribution in [-0.2, 0) is 6.42 Å². The van der Waals surface area contributed by atoms with E-state index in [4.69, 9.17) is 4.52 Å². The molecule has 2 rings (SSSR count). The lowest BCUT2D eigenvalue weighted by atomic mass is 10.0. The molecule has 0 saturated carbocycles. The normalized spacial score (nSPS) is 13.2. The molecule has 0 aliphatic rings. The first kappa shape index (κ1) is 21.1. The number of hydrogen-bond acceptors (Lipinski definition) is 5. The van der Waals surface area contributed by atoms with Crippen LogP contribution in [0.1, 0.15) is 54.4 Å². The summed E-state index contributed by atoms with van der Waals surface area (Å²) in [5.41, 5.74) is 1.74. The van der Waals surface area contributed by atoms with E-state index in [2.05, 4.69) is 27.7 Å². The standard InChI is InChI=1S/C18H26N4O2.ClH/c1-11(2)16(18-20-15(22-24-18)10-13(4)19-5)21-17(23)14-8-6-12(3)7-9-14;/h6-9,11,13,16,19H,10H2,1-5H3,(H,21,23);1H. The van der Waals surface area contributed by atoms with Crippen molar-refractivity contribution in [2.75, 3.05) is 7.05 Å². The Kier molecular flexibility index (Phi) is 8.06. The van der Waals surface area contributed by atoms with E-state index in [-0.39, 0.29) is 36.3 Å². The SMILES string of the molecule is CNC(C)Cc1noc(C(NC(=O)c2ccc(C)cc2)C(C)C)n1.Cl. The maximum Gasteiger partial charge on any atom is 0.251 e. The van der Waals surface area contributed by atoms with Crippen LogP contribution in [0.3, 0.4) is 0 Å². The highest BCUT2D eigenvalue weighted by atomic mass is 35.5. The molecule has 2 atom stereocenters. The van der Waals surface area contributed by atoms with E-state index in [1.807, 2.05) is 52.1 Å². The van der Waals surface area contributed by atoms with E-state index in [0.717, 1.165) is 5.56 Å². The van der Waals surface area contributed by atoms with Gasteiger partial charge >= 0.3 is 0 Å². The van der Waals surface area contributed by atoms with Crippen LogP contribution < -0.4 is 10.6 Å². The number of carbonyl (C=O) groups is 1. The number of hydrogen-bond donors (Lipinski definition) is 2. The van der Waals surface area contributed by atoms with Crippen molar-refractivity contribution in [1.29, 1.82) is 0 Å². The number of rotatable bonds is 7. The Morgan fingerprint density at radius 3 is 2.40 bits per heavy atom. The van der Waals surface area contributed by atoms with Crippen LogP contribution in [-0.4, -0.2) is 29.1 Å². The fourth-order valence-electron chi connectivity index (χ4n) is 2.30. The zero-order chi connectivity index (χ0) is 17.7. The molecule has 138 valence electrons. The van der Waals surface area contributed by atoms with Crippen LogP contribution in [0.2, 0.25) is 0 Å². The fourth-order valence-corrected chi connectivity index (χ4v) is 2.30. The molecule has 0 aliphatic carbocycles. The van der Waals surface area contributed by atoms with E-state index in [9.17, 15) is 4.79 Å². The van der Waals surface area contributed by atoms with Crippen molar-refractivity contribution in [3.8, 4) is 0 Å². The molecule has 1 aromatic carbocycles. The summed E-state index contributed by atoms with van der Waals surface area (Å²) in [6, 6.07) is 7.41. The minimum atomic E-state index is -0.315. The Balaban J connectivity index is 0.00000312. The second kappa shape index (κ2) is 9.53. The van der Waals surface area contributed by atoms with Crippen LogP contribution in [0.4, 0.5) is 0 Å². The zero-order valence-corrected chi connectivity index (χ0v) is 16.2. The van der Waals surface area contributed by atoms with Gasteiger partial charge in [-0.05, 0) is 38.9 Å². The summed E-state index contributed by atoms with van der Waals surface area (Å²) in [6.07, 6.45) is 0.677. The lowest BCUT2D eigenvalue weighted by molar-refractivity contribution is 0.0914. The van der Waals surface area contributed by atoms with Crippen LogP contribution in [0, 0.1) is 12.8 Å². The first-order valence-corrected chi connectivity index (χ1v) is 8.28. The van der Waals surface area contributed by atoms with Crippen LogP contribution in [0.25, 0.3) is 0 Å². The monoisotopic (exact) mass is 366 g/mol. The Bertz CT molecular complexity index is 670. The van der Waals surface area contributed by atoms with E-state index >= 15 is 0 Å². The number of nitrogens with zero attached hydrogens (tertiary/aromatic N) is 2. The molecule has 6 nitrogen and oxygen atoms in total. The van der Waals surface area contributed by atoms with E-state index in [1.165, 1.54) is 0 Å². The van der Waals surface area contributed by atoms with Gasteiger partial charge in [-0.3, -0.25) is 4.79 Å². The Morgan fingerprint density at radius 1 is 1.20 bits per heavy atom. The third-order valence-electron chi connectivity index (χ3n) is 4.00. The highest BCUT2D eigenvalue weighted by Crippen LogP contribution is 2.21.